The Labute approximate surface area is 226 Å². The second-order valence-electron chi connectivity index (χ2n) is 9.22. The molecule has 2 N–H and O–H groups in total. The highest BCUT2D eigenvalue weighted by molar-refractivity contribution is 7.88. The number of allylic oxidation sites excluding steroid dienone is 1. The lowest BCUT2D eigenvalue weighted by Gasteiger charge is -2.35. The number of benzene rings is 2. The first-order valence-electron chi connectivity index (χ1n) is 12.6. The van der Waals surface area contributed by atoms with Crippen LogP contribution in [0.25, 0.3) is 5.69 Å². The zero-order valence-corrected chi connectivity index (χ0v) is 22.2. The van der Waals surface area contributed by atoms with Crippen molar-refractivity contribution in [1.29, 1.82) is 0 Å². The number of piperazine rings is 1. The van der Waals surface area contributed by atoms with Gasteiger partial charge in [0.2, 0.25) is 15.8 Å². The van der Waals surface area contributed by atoms with Crippen LogP contribution >= 0.6 is 0 Å². The van der Waals surface area contributed by atoms with E-state index in [0.717, 1.165) is 29.7 Å². The van der Waals surface area contributed by atoms with Crippen LogP contribution in [0.2, 0.25) is 0 Å². The third-order valence-electron chi connectivity index (χ3n) is 6.36. The molecular weight excluding hydrogens is 528 g/mol. The molecule has 0 spiro atoms. The summed E-state index contributed by atoms with van der Waals surface area (Å²) in [6.07, 6.45) is 5.48. The van der Waals surface area contributed by atoms with Crippen LogP contribution < -0.4 is 20.9 Å². The van der Waals surface area contributed by atoms with Crippen molar-refractivity contribution in [3.63, 3.8) is 0 Å². The number of anilines is 2. The number of halogens is 2. The summed E-state index contributed by atoms with van der Waals surface area (Å²) in [5.41, 5.74) is 6.55. The van der Waals surface area contributed by atoms with E-state index in [1.165, 1.54) is 10.5 Å². The van der Waals surface area contributed by atoms with Gasteiger partial charge in [-0.1, -0.05) is 18.2 Å². The number of nitrogens with zero attached hydrogens (tertiary/aromatic N) is 4. The highest BCUT2D eigenvalue weighted by atomic mass is 32.2. The Kier molecular flexibility index (Phi) is 8.97. The summed E-state index contributed by atoms with van der Waals surface area (Å²) in [5, 5.41) is 4.15. The largest absolute Gasteiger partial charge is 0.486 e. The number of nitrogen functional groups attached to an aromatic ring is 1. The van der Waals surface area contributed by atoms with Gasteiger partial charge < -0.3 is 15.4 Å². The van der Waals surface area contributed by atoms with E-state index in [2.05, 4.69) is 11.7 Å². The summed E-state index contributed by atoms with van der Waals surface area (Å²) >= 11 is 0. The van der Waals surface area contributed by atoms with Gasteiger partial charge in [0, 0.05) is 37.9 Å². The monoisotopic (exact) mass is 559 g/mol. The van der Waals surface area contributed by atoms with Gasteiger partial charge in [0.25, 0.3) is 0 Å². The van der Waals surface area contributed by atoms with Crippen molar-refractivity contribution in [2.75, 3.05) is 43.4 Å². The molecule has 1 aliphatic heterocycles. The van der Waals surface area contributed by atoms with Crippen LogP contribution in [-0.4, -0.2) is 55.3 Å². The highest BCUT2D eigenvalue weighted by Crippen LogP contribution is 2.27. The Bertz CT molecular complexity index is 1450. The Hall–Kier alpha value is -3.77. The first kappa shape index (κ1) is 28.2. The minimum atomic E-state index is -3.57. The second-order valence-corrected chi connectivity index (χ2v) is 11.2. The predicted octanol–water partition coefficient (Wildman–Crippen LogP) is 3.48. The van der Waals surface area contributed by atoms with Gasteiger partial charge in [0.05, 0.1) is 24.2 Å². The van der Waals surface area contributed by atoms with Gasteiger partial charge in [0.1, 0.15) is 17.3 Å². The Morgan fingerprint density at radius 3 is 2.33 bits per heavy atom. The number of sulfonamides is 1. The third-order valence-corrected chi connectivity index (χ3v) is 8.21. The summed E-state index contributed by atoms with van der Waals surface area (Å²) in [6.45, 7) is 4.94. The fourth-order valence-corrected chi connectivity index (χ4v) is 5.84. The van der Waals surface area contributed by atoms with Crippen LogP contribution in [0.15, 0.2) is 66.1 Å². The smallest absolute Gasteiger partial charge is 0.316 e. The third kappa shape index (κ3) is 7.01. The first-order chi connectivity index (χ1) is 18.7. The minimum absolute atomic E-state index is 0.00791. The lowest BCUT2D eigenvalue weighted by Crippen LogP contribution is -2.49. The summed E-state index contributed by atoms with van der Waals surface area (Å²) in [5.74, 6) is -1.84. The van der Waals surface area contributed by atoms with Crippen LogP contribution in [-0.2, 0) is 15.8 Å². The molecule has 2 aromatic carbocycles. The molecule has 0 radical (unpaired) electrons. The minimum Gasteiger partial charge on any atom is -0.486 e. The van der Waals surface area contributed by atoms with Crippen molar-refractivity contribution in [2.45, 2.75) is 25.0 Å². The van der Waals surface area contributed by atoms with Crippen LogP contribution in [0.4, 0.5) is 20.2 Å². The molecule has 3 aromatic rings. The maximum atomic E-state index is 13.8. The van der Waals surface area contributed by atoms with Crippen molar-refractivity contribution in [2.24, 2.45) is 0 Å². The van der Waals surface area contributed by atoms with E-state index >= 15 is 0 Å². The Balaban J connectivity index is 1.55. The van der Waals surface area contributed by atoms with Gasteiger partial charge in [-0.05, 0) is 49.1 Å². The fraction of sp³-hybridized carbons (Fsp3) is 0.333. The molecule has 0 saturated carbocycles. The molecule has 39 heavy (non-hydrogen) atoms. The second kappa shape index (κ2) is 12.4. The Morgan fingerprint density at radius 1 is 1.03 bits per heavy atom. The molecule has 0 bridgehead atoms. The van der Waals surface area contributed by atoms with Crippen molar-refractivity contribution in [1.82, 2.24) is 14.1 Å². The molecule has 9 nitrogen and oxygen atoms in total. The lowest BCUT2D eigenvalue weighted by atomic mass is 10.2. The van der Waals surface area contributed by atoms with Crippen molar-refractivity contribution in [3.8, 4) is 11.4 Å². The van der Waals surface area contributed by atoms with Crippen LogP contribution in [0.5, 0.6) is 5.75 Å². The molecule has 1 saturated heterocycles. The lowest BCUT2D eigenvalue weighted by molar-refractivity contribution is 0.299. The average molecular weight is 560 g/mol. The molecule has 0 unspecified atom stereocenters. The van der Waals surface area contributed by atoms with Crippen molar-refractivity contribution >= 4 is 21.4 Å². The molecule has 1 fully saturated rings. The number of aromatic nitrogens is 2. The summed E-state index contributed by atoms with van der Waals surface area (Å²) < 4.78 is 61.9. The standard InChI is InChI=1S/C27H31F2N5O4S/c1-2-3-4-5-14-38-26-25(18-31-34(27(26)35)24-16-21(28)15-22(29)17-24)32-10-12-33(13-11-32)39(36,37)19-20-6-8-23(30)9-7-20/h2,6-9,15-18H,1,3-5,10-14,19,30H2. The van der Waals surface area contributed by atoms with Gasteiger partial charge >= 0.3 is 5.56 Å². The zero-order valence-electron chi connectivity index (χ0n) is 21.4. The van der Waals surface area contributed by atoms with Gasteiger partial charge in [-0.3, -0.25) is 4.79 Å². The van der Waals surface area contributed by atoms with E-state index in [9.17, 15) is 22.0 Å². The molecule has 0 amide bonds. The van der Waals surface area contributed by atoms with E-state index in [1.54, 1.807) is 30.3 Å². The van der Waals surface area contributed by atoms with Crippen molar-refractivity contribution in [3.05, 3.63) is 88.9 Å². The number of nitrogens with two attached hydrogens (primary N) is 1. The van der Waals surface area contributed by atoms with E-state index in [1.807, 2.05) is 4.90 Å². The van der Waals surface area contributed by atoms with Gasteiger partial charge in [-0.15, -0.1) is 6.58 Å². The van der Waals surface area contributed by atoms with E-state index in [-0.39, 0.29) is 36.9 Å². The van der Waals surface area contributed by atoms with Gasteiger partial charge in [-0.25, -0.2) is 17.2 Å². The van der Waals surface area contributed by atoms with Gasteiger partial charge in [0.15, 0.2) is 0 Å². The molecule has 0 atom stereocenters. The predicted molar refractivity (Wildman–Crippen MR) is 147 cm³/mol. The van der Waals surface area contributed by atoms with E-state index < -0.39 is 27.2 Å². The average Bonchev–Trinajstić information content (AvgIpc) is 2.90. The number of rotatable bonds is 11. The Morgan fingerprint density at radius 2 is 1.69 bits per heavy atom. The van der Waals surface area contributed by atoms with Gasteiger partial charge in [-0.2, -0.15) is 14.1 Å². The van der Waals surface area contributed by atoms with Crippen molar-refractivity contribution < 1.29 is 21.9 Å². The summed E-state index contributed by atoms with van der Waals surface area (Å²) in [6, 6.07) is 9.43. The SMILES string of the molecule is C=CCCCCOc1c(N2CCN(S(=O)(=O)Cc3ccc(N)cc3)CC2)cnn(-c2cc(F)cc(F)c2)c1=O. The highest BCUT2D eigenvalue weighted by Gasteiger charge is 2.29. The summed E-state index contributed by atoms with van der Waals surface area (Å²) in [7, 11) is -3.57. The zero-order chi connectivity index (χ0) is 28.0. The molecule has 1 aliphatic rings. The van der Waals surface area contributed by atoms with E-state index in [4.69, 9.17) is 10.5 Å². The van der Waals surface area contributed by atoms with E-state index in [0.29, 0.717) is 42.5 Å². The molecule has 2 heterocycles. The normalized spacial score (nSPS) is 14.4. The molecular formula is C27H31F2N5O4S. The van der Waals surface area contributed by atoms with Crippen LogP contribution in [0.3, 0.4) is 0 Å². The molecule has 208 valence electrons. The maximum absolute atomic E-state index is 13.8. The number of ether oxygens (including phenoxy) is 1. The number of hydrogen-bond donors (Lipinski definition) is 1. The number of unbranched alkanes of at least 4 members (excludes halogenated alkanes) is 2. The van der Waals surface area contributed by atoms with Crippen LogP contribution in [0.1, 0.15) is 24.8 Å². The maximum Gasteiger partial charge on any atom is 0.316 e. The molecule has 0 aliphatic carbocycles. The quantitative estimate of drug-likeness (QED) is 0.218. The molecule has 1 aromatic heterocycles. The first-order valence-corrected chi connectivity index (χ1v) is 14.2. The summed E-state index contributed by atoms with van der Waals surface area (Å²) in [4.78, 5) is 15.2. The molecule has 12 heteroatoms. The topological polar surface area (TPSA) is 111 Å². The molecule has 4 rings (SSSR count). The fourth-order valence-electron chi connectivity index (χ4n) is 4.32. The number of hydrogen-bond acceptors (Lipinski definition) is 7. The van der Waals surface area contributed by atoms with Crippen LogP contribution in [0, 0.1) is 11.6 Å².